The van der Waals surface area contributed by atoms with Gasteiger partial charge in [0.25, 0.3) is 0 Å². The lowest BCUT2D eigenvalue weighted by Gasteiger charge is -2.38. The van der Waals surface area contributed by atoms with E-state index in [1.807, 2.05) is 0 Å². The van der Waals surface area contributed by atoms with E-state index in [4.69, 9.17) is 13.3 Å². The van der Waals surface area contributed by atoms with Crippen LogP contribution in [0.15, 0.2) is 0 Å². The SMILES string of the molecule is CCO[Si](CCC(F)(F)C(F)(F)C(F)(F)C(F)(F)C(F)(F)F)(OCC)OCC. The first-order valence-electron chi connectivity index (χ1n) is 7.89. The fourth-order valence-corrected chi connectivity index (χ4v) is 4.70. The smallest absolute Gasteiger partial charge is 0.374 e. The number of hydrogen-bond acceptors (Lipinski definition) is 3. The van der Waals surface area contributed by atoms with Crippen LogP contribution >= 0.6 is 0 Å². The monoisotopic (exact) mass is 460 g/mol. The Labute approximate surface area is 154 Å². The first-order valence-corrected chi connectivity index (χ1v) is 9.82. The molecule has 0 saturated heterocycles. The Hall–Kier alpha value is -0.673. The molecular formula is C13H19F11O3Si. The van der Waals surface area contributed by atoms with E-state index < -0.39 is 51.1 Å². The van der Waals surface area contributed by atoms with Crippen molar-refractivity contribution in [2.75, 3.05) is 19.8 Å². The third-order valence-corrected chi connectivity index (χ3v) is 6.49. The third-order valence-electron chi connectivity index (χ3n) is 3.44. The maximum atomic E-state index is 13.8. The molecule has 0 unspecified atom stereocenters. The molecule has 0 spiro atoms. The van der Waals surface area contributed by atoms with Gasteiger partial charge in [0.05, 0.1) is 0 Å². The van der Waals surface area contributed by atoms with Gasteiger partial charge in [-0.2, -0.15) is 48.3 Å². The molecule has 0 saturated carbocycles. The summed E-state index contributed by atoms with van der Waals surface area (Å²) in [6, 6.07) is -1.22. The predicted molar refractivity (Wildman–Crippen MR) is 75.9 cm³/mol. The Morgan fingerprint density at radius 1 is 0.571 bits per heavy atom. The van der Waals surface area contributed by atoms with Gasteiger partial charge in [0.1, 0.15) is 0 Å². The lowest BCUT2D eigenvalue weighted by atomic mass is 9.96. The second-order valence-electron chi connectivity index (χ2n) is 5.41. The maximum absolute atomic E-state index is 13.8. The molecule has 0 amide bonds. The molecule has 0 aliphatic carbocycles. The zero-order chi connectivity index (χ0) is 22.7. The van der Waals surface area contributed by atoms with Crippen LogP contribution in [0.2, 0.25) is 6.04 Å². The quantitative estimate of drug-likeness (QED) is 0.283. The van der Waals surface area contributed by atoms with Crippen LogP contribution in [0, 0.1) is 0 Å². The molecule has 0 atom stereocenters. The molecule has 15 heteroatoms. The van der Waals surface area contributed by atoms with Crippen LogP contribution in [0.25, 0.3) is 0 Å². The molecule has 170 valence electrons. The van der Waals surface area contributed by atoms with Crippen molar-refractivity contribution in [3.8, 4) is 0 Å². The molecular weight excluding hydrogens is 441 g/mol. The van der Waals surface area contributed by atoms with Crippen molar-refractivity contribution in [2.24, 2.45) is 0 Å². The fraction of sp³-hybridized carbons (Fsp3) is 1.00. The lowest BCUT2D eigenvalue weighted by Crippen LogP contribution is -2.66. The fourth-order valence-electron chi connectivity index (χ4n) is 2.07. The Morgan fingerprint density at radius 3 is 1.21 bits per heavy atom. The van der Waals surface area contributed by atoms with Crippen molar-refractivity contribution >= 4 is 8.80 Å². The average molecular weight is 460 g/mol. The number of hydrogen-bond donors (Lipinski definition) is 0. The van der Waals surface area contributed by atoms with Crippen molar-refractivity contribution in [1.29, 1.82) is 0 Å². The summed E-state index contributed by atoms with van der Waals surface area (Å²) < 4.78 is 158. The summed E-state index contributed by atoms with van der Waals surface area (Å²) in [5, 5.41) is 0. The highest BCUT2D eigenvalue weighted by atomic mass is 28.4. The minimum atomic E-state index is -7.42. The summed E-state index contributed by atoms with van der Waals surface area (Å²) in [7, 11) is -4.09. The Bertz CT molecular complexity index is 480. The van der Waals surface area contributed by atoms with Crippen LogP contribution in [-0.2, 0) is 13.3 Å². The molecule has 0 bridgehead atoms. The zero-order valence-electron chi connectivity index (χ0n) is 14.9. The van der Waals surface area contributed by atoms with E-state index in [-0.39, 0.29) is 19.8 Å². The van der Waals surface area contributed by atoms with Gasteiger partial charge in [0.2, 0.25) is 0 Å². The van der Waals surface area contributed by atoms with E-state index >= 15 is 0 Å². The number of halogens is 11. The lowest BCUT2D eigenvalue weighted by molar-refractivity contribution is -0.422. The van der Waals surface area contributed by atoms with Crippen LogP contribution in [0.3, 0.4) is 0 Å². The number of rotatable bonds is 12. The molecule has 0 aromatic rings. The predicted octanol–water partition coefficient (Wildman–Crippen LogP) is 5.53. The highest BCUT2D eigenvalue weighted by molar-refractivity contribution is 6.60. The van der Waals surface area contributed by atoms with Crippen molar-refractivity contribution < 1.29 is 61.6 Å². The molecule has 0 N–H and O–H groups in total. The summed E-state index contributed by atoms with van der Waals surface area (Å²) >= 11 is 0. The van der Waals surface area contributed by atoms with E-state index in [1.165, 1.54) is 20.8 Å². The van der Waals surface area contributed by atoms with Gasteiger partial charge in [0.15, 0.2) is 0 Å². The van der Waals surface area contributed by atoms with E-state index in [2.05, 4.69) is 0 Å². The third kappa shape index (κ3) is 5.08. The van der Waals surface area contributed by atoms with Gasteiger partial charge in [-0.15, -0.1) is 0 Å². The first-order chi connectivity index (χ1) is 12.4. The summed E-state index contributed by atoms with van der Waals surface area (Å²) in [6.07, 6.45) is -9.42. The van der Waals surface area contributed by atoms with Gasteiger partial charge in [0, 0.05) is 32.3 Å². The maximum Gasteiger partial charge on any atom is 0.501 e. The van der Waals surface area contributed by atoms with Gasteiger partial charge in [-0.1, -0.05) is 0 Å². The molecule has 3 nitrogen and oxygen atoms in total. The van der Waals surface area contributed by atoms with Crippen molar-refractivity contribution in [2.45, 2.75) is 63.1 Å². The van der Waals surface area contributed by atoms with E-state index in [0.29, 0.717) is 0 Å². The van der Waals surface area contributed by atoms with Gasteiger partial charge in [-0.25, -0.2) is 0 Å². The Morgan fingerprint density at radius 2 is 0.929 bits per heavy atom. The minimum absolute atomic E-state index is 0.212. The minimum Gasteiger partial charge on any atom is -0.374 e. The van der Waals surface area contributed by atoms with Crippen LogP contribution in [0.4, 0.5) is 48.3 Å². The molecule has 0 radical (unpaired) electrons. The van der Waals surface area contributed by atoms with Crippen molar-refractivity contribution in [3.63, 3.8) is 0 Å². The molecule has 0 aromatic carbocycles. The van der Waals surface area contributed by atoms with Crippen molar-refractivity contribution in [1.82, 2.24) is 0 Å². The van der Waals surface area contributed by atoms with E-state index in [0.717, 1.165) is 0 Å². The van der Waals surface area contributed by atoms with Crippen LogP contribution in [0.1, 0.15) is 27.2 Å². The molecule has 0 aromatic heterocycles. The topological polar surface area (TPSA) is 27.7 Å². The van der Waals surface area contributed by atoms with Gasteiger partial charge >= 0.3 is 38.7 Å². The summed E-state index contributed by atoms with van der Waals surface area (Å²) in [5.74, 6) is -27.8. The Balaban J connectivity index is 5.83. The van der Waals surface area contributed by atoms with Crippen molar-refractivity contribution in [3.05, 3.63) is 0 Å². The number of alkyl halides is 11. The normalized spacial score (nSPS) is 15.2. The van der Waals surface area contributed by atoms with Gasteiger partial charge in [-0.3, -0.25) is 0 Å². The first kappa shape index (κ1) is 27.3. The van der Waals surface area contributed by atoms with E-state index in [1.54, 1.807) is 0 Å². The molecule has 28 heavy (non-hydrogen) atoms. The molecule has 0 fully saturated rings. The Kier molecular flexibility index (Phi) is 8.78. The summed E-state index contributed by atoms with van der Waals surface area (Å²) in [4.78, 5) is 0. The largest absolute Gasteiger partial charge is 0.501 e. The molecule has 0 rings (SSSR count). The van der Waals surface area contributed by atoms with Gasteiger partial charge in [-0.05, 0) is 20.8 Å². The van der Waals surface area contributed by atoms with Crippen LogP contribution in [-0.4, -0.2) is 58.5 Å². The average Bonchev–Trinajstić information content (AvgIpc) is 2.52. The summed E-state index contributed by atoms with van der Waals surface area (Å²) in [6.45, 7) is 3.42. The zero-order valence-corrected chi connectivity index (χ0v) is 15.9. The van der Waals surface area contributed by atoms with Gasteiger partial charge < -0.3 is 13.3 Å². The highest BCUT2D eigenvalue weighted by Gasteiger charge is 2.86. The van der Waals surface area contributed by atoms with E-state index in [9.17, 15) is 48.3 Å². The second kappa shape index (κ2) is 9.00. The summed E-state index contributed by atoms with van der Waals surface area (Å²) in [5.41, 5.74) is 0. The molecule has 0 aliphatic heterocycles. The molecule has 0 aliphatic rings. The van der Waals surface area contributed by atoms with Crippen LogP contribution < -0.4 is 0 Å². The van der Waals surface area contributed by atoms with Crippen LogP contribution in [0.5, 0.6) is 0 Å². The molecule has 0 heterocycles. The highest BCUT2D eigenvalue weighted by Crippen LogP contribution is 2.58. The second-order valence-corrected chi connectivity index (χ2v) is 8.14. The standard InChI is InChI=1S/C13H19F11O3Si/c1-4-25-28(26-5-2,27-6-3)8-7-9(14,15)10(16,17)11(18,19)12(20,21)13(22,23)24/h4-8H2,1-3H3.